The Balaban J connectivity index is 1.77. The summed E-state index contributed by atoms with van der Waals surface area (Å²) in [4.78, 5) is 16.2. The Labute approximate surface area is 160 Å². The standard InChI is InChI=1S/C20H25N3O3S/c1-21-20(24)16-8-12-19(13-9-16)27(25,26)23-15-5-3-7-18(23)11-10-17-6-2-4-14-22-17/h2,4,6,8-9,12-14,18H,3,5,7,10-11,15H2,1H3,(H,21,24). The van der Waals surface area contributed by atoms with Gasteiger partial charge in [-0.15, -0.1) is 0 Å². The zero-order valence-electron chi connectivity index (χ0n) is 15.5. The summed E-state index contributed by atoms with van der Waals surface area (Å²) in [6.07, 6.45) is 6.05. The fourth-order valence-corrected chi connectivity index (χ4v) is 5.22. The number of hydrogen-bond donors (Lipinski definition) is 1. The zero-order chi connectivity index (χ0) is 19.3. The molecule has 0 radical (unpaired) electrons. The molecule has 2 heterocycles. The Bertz CT molecular complexity index is 867. The van der Waals surface area contributed by atoms with Crippen LogP contribution in [0.15, 0.2) is 53.6 Å². The first-order valence-corrected chi connectivity index (χ1v) is 10.7. The van der Waals surface area contributed by atoms with Gasteiger partial charge < -0.3 is 5.32 Å². The van der Waals surface area contributed by atoms with Crippen LogP contribution in [0.25, 0.3) is 0 Å². The average molecular weight is 388 g/mol. The highest BCUT2D eigenvalue weighted by Gasteiger charge is 2.33. The van der Waals surface area contributed by atoms with E-state index in [0.717, 1.165) is 37.8 Å². The van der Waals surface area contributed by atoms with Crippen LogP contribution in [0.4, 0.5) is 0 Å². The first-order chi connectivity index (χ1) is 13.0. The van der Waals surface area contributed by atoms with Gasteiger partial charge in [0.1, 0.15) is 0 Å². The van der Waals surface area contributed by atoms with Crippen LogP contribution in [-0.2, 0) is 16.4 Å². The molecule has 0 aliphatic carbocycles. The van der Waals surface area contributed by atoms with Gasteiger partial charge in [-0.2, -0.15) is 4.31 Å². The fraction of sp³-hybridized carbons (Fsp3) is 0.400. The molecule has 0 bridgehead atoms. The third kappa shape index (κ3) is 4.54. The van der Waals surface area contributed by atoms with Crippen molar-refractivity contribution in [2.24, 2.45) is 0 Å². The van der Waals surface area contributed by atoms with E-state index in [2.05, 4.69) is 10.3 Å². The van der Waals surface area contributed by atoms with Gasteiger partial charge in [0.15, 0.2) is 0 Å². The molecule has 1 N–H and O–H groups in total. The maximum absolute atomic E-state index is 13.2. The quantitative estimate of drug-likeness (QED) is 0.826. The van der Waals surface area contributed by atoms with Crippen LogP contribution >= 0.6 is 0 Å². The van der Waals surface area contributed by atoms with Gasteiger partial charge in [-0.05, 0) is 62.1 Å². The van der Waals surface area contributed by atoms with Crippen molar-refractivity contribution in [2.75, 3.05) is 13.6 Å². The summed E-state index contributed by atoms with van der Waals surface area (Å²) in [5, 5.41) is 2.54. The van der Waals surface area contributed by atoms with E-state index in [9.17, 15) is 13.2 Å². The predicted molar refractivity (Wildman–Crippen MR) is 104 cm³/mol. The molecule has 1 aliphatic heterocycles. The third-order valence-electron chi connectivity index (χ3n) is 4.98. The molecular formula is C20H25N3O3S. The van der Waals surface area contributed by atoms with Crippen LogP contribution in [0.5, 0.6) is 0 Å². The van der Waals surface area contributed by atoms with Crippen molar-refractivity contribution < 1.29 is 13.2 Å². The molecule has 27 heavy (non-hydrogen) atoms. The Morgan fingerprint density at radius 1 is 1.19 bits per heavy atom. The lowest BCUT2D eigenvalue weighted by molar-refractivity contribution is 0.0963. The molecule has 1 aromatic heterocycles. The van der Waals surface area contributed by atoms with Crippen LogP contribution < -0.4 is 5.32 Å². The highest BCUT2D eigenvalue weighted by Crippen LogP contribution is 2.28. The molecule has 1 unspecified atom stereocenters. The van der Waals surface area contributed by atoms with Gasteiger partial charge in [0.2, 0.25) is 10.0 Å². The first kappa shape index (κ1) is 19.5. The number of pyridine rings is 1. The van der Waals surface area contributed by atoms with E-state index < -0.39 is 10.0 Å². The molecule has 3 rings (SSSR count). The van der Waals surface area contributed by atoms with Crippen molar-refractivity contribution in [3.8, 4) is 0 Å². The second kappa shape index (κ2) is 8.63. The summed E-state index contributed by atoms with van der Waals surface area (Å²) in [7, 11) is -2.04. The van der Waals surface area contributed by atoms with Crippen LogP contribution in [0, 0.1) is 0 Å². The Morgan fingerprint density at radius 2 is 1.96 bits per heavy atom. The molecule has 1 fully saturated rings. The lowest BCUT2D eigenvalue weighted by Crippen LogP contribution is -2.43. The molecule has 1 atom stereocenters. The zero-order valence-corrected chi connectivity index (χ0v) is 16.3. The van der Waals surface area contributed by atoms with Gasteiger partial charge in [0, 0.05) is 37.1 Å². The van der Waals surface area contributed by atoms with Crippen molar-refractivity contribution in [3.63, 3.8) is 0 Å². The minimum atomic E-state index is -3.58. The highest BCUT2D eigenvalue weighted by molar-refractivity contribution is 7.89. The summed E-state index contributed by atoms with van der Waals surface area (Å²) >= 11 is 0. The van der Waals surface area contributed by atoms with E-state index in [1.165, 1.54) is 12.1 Å². The molecular weight excluding hydrogens is 362 g/mol. The number of carbonyl (C=O) groups is 1. The average Bonchev–Trinajstić information content (AvgIpc) is 2.72. The molecule has 144 valence electrons. The Morgan fingerprint density at radius 3 is 2.63 bits per heavy atom. The second-order valence-corrected chi connectivity index (χ2v) is 8.62. The van der Waals surface area contributed by atoms with E-state index in [-0.39, 0.29) is 16.8 Å². The summed E-state index contributed by atoms with van der Waals surface area (Å²) < 4.78 is 28.0. The first-order valence-electron chi connectivity index (χ1n) is 9.26. The number of aryl methyl sites for hydroxylation is 1. The largest absolute Gasteiger partial charge is 0.355 e. The molecule has 6 nitrogen and oxygen atoms in total. The maximum Gasteiger partial charge on any atom is 0.251 e. The number of sulfonamides is 1. The number of nitrogens with zero attached hydrogens (tertiary/aromatic N) is 2. The summed E-state index contributed by atoms with van der Waals surface area (Å²) in [6, 6.07) is 11.9. The van der Waals surface area contributed by atoms with Crippen LogP contribution in [0.2, 0.25) is 0 Å². The van der Waals surface area contributed by atoms with E-state index in [4.69, 9.17) is 0 Å². The van der Waals surface area contributed by atoms with E-state index >= 15 is 0 Å². The van der Waals surface area contributed by atoms with E-state index in [1.54, 1.807) is 29.7 Å². The van der Waals surface area contributed by atoms with Crippen LogP contribution in [-0.4, -0.2) is 43.2 Å². The summed E-state index contributed by atoms with van der Waals surface area (Å²) in [6.45, 7) is 0.534. The normalized spacial score (nSPS) is 18.2. The minimum Gasteiger partial charge on any atom is -0.355 e. The smallest absolute Gasteiger partial charge is 0.251 e. The fourth-order valence-electron chi connectivity index (χ4n) is 3.50. The number of nitrogens with one attached hydrogen (secondary N) is 1. The van der Waals surface area contributed by atoms with E-state index in [0.29, 0.717) is 12.1 Å². The number of rotatable bonds is 6. The van der Waals surface area contributed by atoms with Gasteiger partial charge in [-0.3, -0.25) is 9.78 Å². The molecule has 1 saturated heterocycles. The monoisotopic (exact) mass is 387 g/mol. The number of aromatic nitrogens is 1. The lowest BCUT2D eigenvalue weighted by Gasteiger charge is -2.34. The Hall–Kier alpha value is -2.25. The van der Waals surface area contributed by atoms with Gasteiger partial charge in [-0.1, -0.05) is 12.5 Å². The van der Waals surface area contributed by atoms with Crippen molar-refractivity contribution in [3.05, 3.63) is 59.9 Å². The van der Waals surface area contributed by atoms with Crippen molar-refractivity contribution in [1.29, 1.82) is 0 Å². The SMILES string of the molecule is CNC(=O)c1ccc(S(=O)(=O)N2CCCCC2CCc2ccccn2)cc1. The third-order valence-corrected chi connectivity index (χ3v) is 6.95. The van der Waals surface area contributed by atoms with Crippen molar-refractivity contribution >= 4 is 15.9 Å². The highest BCUT2D eigenvalue weighted by atomic mass is 32.2. The van der Waals surface area contributed by atoms with Crippen molar-refractivity contribution in [2.45, 2.75) is 43.0 Å². The molecule has 7 heteroatoms. The molecule has 1 amide bonds. The maximum atomic E-state index is 13.2. The van der Waals surface area contributed by atoms with Gasteiger partial charge in [0.25, 0.3) is 5.91 Å². The number of carbonyl (C=O) groups excluding carboxylic acids is 1. The van der Waals surface area contributed by atoms with Gasteiger partial charge >= 0.3 is 0 Å². The molecule has 2 aromatic rings. The molecule has 1 aromatic carbocycles. The van der Waals surface area contributed by atoms with Gasteiger partial charge in [-0.25, -0.2) is 8.42 Å². The predicted octanol–water partition coefficient (Wildman–Crippen LogP) is 2.62. The minimum absolute atomic E-state index is 0.0237. The van der Waals surface area contributed by atoms with Crippen molar-refractivity contribution in [1.82, 2.24) is 14.6 Å². The second-order valence-electron chi connectivity index (χ2n) is 6.73. The number of hydrogen-bond acceptors (Lipinski definition) is 4. The van der Waals surface area contributed by atoms with E-state index in [1.807, 2.05) is 18.2 Å². The molecule has 0 saturated carbocycles. The molecule has 1 aliphatic rings. The van der Waals surface area contributed by atoms with Crippen LogP contribution in [0.3, 0.4) is 0 Å². The Kier molecular flexibility index (Phi) is 6.23. The molecule has 0 spiro atoms. The topological polar surface area (TPSA) is 79.4 Å². The summed E-state index contributed by atoms with van der Waals surface area (Å²) in [5.74, 6) is -0.231. The number of piperidine rings is 1. The lowest BCUT2D eigenvalue weighted by atomic mass is 9.99. The number of benzene rings is 1. The van der Waals surface area contributed by atoms with Crippen LogP contribution in [0.1, 0.15) is 41.7 Å². The van der Waals surface area contributed by atoms with Gasteiger partial charge in [0.05, 0.1) is 4.90 Å². The number of amides is 1. The summed E-state index contributed by atoms with van der Waals surface area (Å²) in [5.41, 5.74) is 1.43.